The number of fused-ring (bicyclic) bond motifs is 1. The standard InChI is InChI=1S/C12H16N4O2S2/c13-9-8-2-3-15-16-12(8)20-10(9)11(18)14-4-7-19-6-1-5-17/h2-3,17H,1,4-7,13H2,(H,14,18). The van der Waals surface area contributed by atoms with Gasteiger partial charge in [0.25, 0.3) is 5.91 Å². The highest BCUT2D eigenvalue weighted by Gasteiger charge is 2.16. The van der Waals surface area contributed by atoms with Gasteiger partial charge >= 0.3 is 0 Å². The number of carbonyl (C=O) groups is 1. The Morgan fingerprint density at radius 1 is 1.50 bits per heavy atom. The van der Waals surface area contributed by atoms with Gasteiger partial charge in [-0.3, -0.25) is 4.79 Å². The predicted molar refractivity (Wildman–Crippen MR) is 83.2 cm³/mol. The van der Waals surface area contributed by atoms with E-state index in [1.165, 1.54) is 11.3 Å². The molecule has 108 valence electrons. The molecule has 0 saturated carbocycles. The zero-order chi connectivity index (χ0) is 14.4. The summed E-state index contributed by atoms with van der Waals surface area (Å²) in [6.45, 7) is 0.785. The molecule has 0 aliphatic heterocycles. The maximum Gasteiger partial charge on any atom is 0.263 e. The van der Waals surface area contributed by atoms with Crippen LogP contribution in [0.15, 0.2) is 12.3 Å². The van der Waals surface area contributed by atoms with Crippen molar-refractivity contribution >= 4 is 44.9 Å². The minimum atomic E-state index is -0.173. The number of nitrogens with two attached hydrogens (primary N) is 1. The van der Waals surface area contributed by atoms with E-state index < -0.39 is 0 Å². The van der Waals surface area contributed by atoms with Crippen molar-refractivity contribution in [2.45, 2.75) is 6.42 Å². The minimum Gasteiger partial charge on any atom is -0.397 e. The lowest BCUT2D eigenvalue weighted by atomic mass is 10.3. The summed E-state index contributed by atoms with van der Waals surface area (Å²) in [4.78, 5) is 13.2. The normalized spacial score (nSPS) is 10.8. The molecule has 2 rings (SSSR count). The second-order valence-corrected chi connectivity index (χ2v) is 6.26. The molecule has 0 fully saturated rings. The number of aromatic nitrogens is 2. The third-order valence-electron chi connectivity index (χ3n) is 2.61. The van der Waals surface area contributed by atoms with Gasteiger partial charge in [-0.2, -0.15) is 16.9 Å². The summed E-state index contributed by atoms with van der Waals surface area (Å²) in [5, 5.41) is 20.0. The summed E-state index contributed by atoms with van der Waals surface area (Å²) in [5.74, 6) is 1.54. The van der Waals surface area contributed by atoms with Crippen LogP contribution in [0.2, 0.25) is 0 Å². The summed E-state index contributed by atoms with van der Waals surface area (Å²) in [6, 6.07) is 1.76. The van der Waals surface area contributed by atoms with Crippen LogP contribution in [-0.2, 0) is 0 Å². The number of nitrogen functional groups attached to an aromatic ring is 1. The number of aliphatic hydroxyl groups excluding tert-OH is 1. The first-order valence-corrected chi connectivity index (χ1v) is 8.17. The molecule has 4 N–H and O–H groups in total. The summed E-state index contributed by atoms with van der Waals surface area (Å²) >= 11 is 2.95. The monoisotopic (exact) mass is 312 g/mol. The van der Waals surface area contributed by atoms with E-state index in [4.69, 9.17) is 10.8 Å². The Kier molecular flexibility index (Phi) is 5.57. The molecule has 0 radical (unpaired) electrons. The van der Waals surface area contributed by atoms with E-state index in [9.17, 15) is 4.79 Å². The smallest absolute Gasteiger partial charge is 0.263 e. The van der Waals surface area contributed by atoms with E-state index in [0.717, 1.165) is 23.3 Å². The molecule has 2 aromatic rings. The van der Waals surface area contributed by atoms with Gasteiger partial charge in [0, 0.05) is 24.3 Å². The van der Waals surface area contributed by atoms with Crippen LogP contribution >= 0.6 is 23.1 Å². The van der Waals surface area contributed by atoms with Crippen molar-refractivity contribution < 1.29 is 9.90 Å². The van der Waals surface area contributed by atoms with Crippen LogP contribution in [0.25, 0.3) is 10.2 Å². The number of nitrogens with one attached hydrogen (secondary N) is 1. The van der Waals surface area contributed by atoms with Crippen molar-refractivity contribution in [3.05, 3.63) is 17.1 Å². The fourth-order valence-corrected chi connectivity index (χ4v) is 3.37. The van der Waals surface area contributed by atoms with Gasteiger partial charge in [0.05, 0.1) is 11.9 Å². The zero-order valence-corrected chi connectivity index (χ0v) is 12.5. The van der Waals surface area contributed by atoms with Crippen LogP contribution < -0.4 is 11.1 Å². The number of nitrogens with zero attached hydrogens (tertiary/aromatic N) is 2. The third-order valence-corrected chi connectivity index (χ3v) is 4.78. The molecular formula is C12H16N4O2S2. The highest BCUT2D eigenvalue weighted by molar-refractivity contribution is 7.99. The molecule has 0 atom stereocenters. The van der Waals surface area contributed by atoms with Crippen molar-refractivity contribution in [1.29, 1.82) is 0 Å². The number of anilines is 1. The molecule has 20 heavy (non-hydrogen) atoms. The highest BCUT2D eigenvalue weighted by atomic mass is 32.2. The van der Waals surface area contributed by atoms with Gasteiger partial charge < -0.3 is 16.2 Å². The number of rotatable bonds is 7. The Hall–Kier alpha value is -1.38. The van der Waals surface area contributed by atoms with Crippen LogP contribution in [0.1, 0.15) is 16.1 Å². The average Bonchev–Trinajstić information content (AvgIpc) is 2.80. The van der Waals surface area contributed by atoms with Gasteiger partial charge in [0.2, 0.25) is 0 Å². The van der Waals surface area contributed by atoms with Crippen LogP contribution in [0.4, 0.5) is 5.69 Å². The third kappa shape index (κ3) is 3.59. The van der Waals surface area contributed by atoms with E-state index in [2.05, 4.69) is 15.5 Å². The van der Waals surface area contributed by atoms with Gasteiger partial charge in [-0.1, -0.05) is 0 Å². The molecule has 8 heteroatoms. The molecule has 2 aromatic heterocycles. The average molecular weight is 312 g/mol. The van der Waals surface area contributed by atoms with Crippen molar-refractivity contribution in [2.24, 2.45) is 0 Å². The number of aliphatic hydroxyl groups is 1. The summed E-state index contributed by atoms with van der Waals surface area (Å²) < 4.78 is 0. The fraction of sp³-hybridized carbons (Fsp3) is 0.417. The molecule has 0 aliphatic carbocycles. The van der Waals surface area contributed by atoms with E-state index in [1.807, 2.05) is 0 Å². The van der Waals surface area contributed by atoms with Gasteiger partial charge in [0.15, 0.2) is 0 Å². The molecule has 2 heterocycles. The van der Waals surface area contributed by atoms with Gasteiger partial charge in [-0.05, 0) is 18.2 Å². The lowest BCUT2D eigenvalue weighted by molar-refractivity contribution is 0.0961. The molecule has 0 bridgehead atoms. The molecule has 0 aliphatic rings. The van der Waals surface area contributed by atoms with Crippen molar-refractivity contribution in [1.82, 2.24) is 15.5 Å². The van der Waals surface area contributed by atoms with Gasteiger partial charge in [-0.15, -0.1) is 16.4 Å². The first kappa shape index (κ1) is 15.0. The van der Waals surface area contributed by atoms with Crippen molar-refractivity contribution in [3.63, 3.8) is 0 Å². The van der Waals surface area contributed by atoms with Gasteiger partial charge in [0.1, 0.15) is 9.71 Å². The Morgan fingerprint density at radius 3 is 3.10 bits per heavy atom. The number of hydrogen-bond donors (Lipinski definition) is 3. The van der Waals surface area contributed by atoms with Crippen molar-refractivity contribution in [2.75, 3.05) is 30.4 Å². The van der Waals surface area contributed by atoms with Gasteiger partial charge in [-0.25, -0.2) is 0 Å². The highest BCUT2D eigenvalue weighted by Crippen LogP contribution is 2.31. The topological polar surface area (TPSA) is 101 Å². The Labute approximate surface area is 124 Å². The number of amides is 1. The lowest BCUT2D eigenvalue weighted by Gasteiger charge is -2.04. The first-order chi connectivity index (χ1) is 9.74. The lowest BCUT2D eigenvalue weighted by Crippen LogP contribution is -2.25. The Bertz CT molecular complexity index is 588. The van der Waals surface area contributed by atoms with E-state index in [0.29, 0.717) is 21.9 Å². The molecule has 1 amide bonds. The molecule has 6 nitrogen and oxygen atoms in total. The van der Waals surface area contributed by atoms with Crippen LogP contribution in [-0.4, -0.2) is 45.9 Å². The SMILES string of the molecule is Nc1c(C(=O)NCCSCCCO)sc2nnccc12. The molecule has 0 spiro atoms. The molecule has 0 aromatic carbocycles. The minimum absolute atomic E-state index is 0.173. The van der Waals surface area contributed by atoms with E-state index in [1.54, 1.807) is 24.0 Å². The van der Waals surface area contributed by atoms with Crippen LogP contribution in [0.3, 0.4) is 0 Å². The number of thioether (sulfide) groups is 1. The van der Waals surface area contributed by atoms with Crippen LogP contribution in [0.5, 0.6) is 0 Å². The van der Waals surface area contributed by atoms with E-state index >= 15 is 0 Å². The summed E-state index contributed by atoms with van der Waals surface area (Å²) in [7, 11) is 0. The second kappa shape index (κ2) is 7.41. The number of hydrogen-bond acceptors (Lipinski definition) is 7. The Balaban J connectivity index is 1.89. The second-order valence-electron chi connectivity index (χ2n) is 4.04. The van der Waals surface area contributed by atoms with E-state index in [-0.39, 0.29) is 12.5 Å². The maximum atomic E-state index is 12.0. The summed E-state index contributed by atoms with van der Waals surface area (Å²) in [6.07, 6.45) is 2.34. The zero-order valence-electron chi connectivity index (χ0n) is 10.8. The fourth-order valence-electron chi connectivity index (χ4n) is 1.63. The Morgan fingerprint density at radius 2 is 2.35 bits per heavy atom. The largest absolute Gasteiger partial charge is 0.397 e. The van der Waals surface area contributed by atoms with Crippen LogP contribution in [0, 0.1) is 0 Å². The predicted octanol–water partition coefficient (Wildman–Crippen LogP) is 1.12. The first-order valence-electron chi connectivity index (χ1n) is 6.20. The number of carbonyl (C=O) groups excluding carboxylic acids is 1. The maximum absolute atomic E-state index is 12.0. The molecule has 0 unspecified atom stereocenters. The quantitative estimate of drug-likeness (QED) is 0.662. The molecular weight excluding hydrogens is 296 g/mol. The summed E-state index contributed by atoms with van der Waals surface area (Å²) in [5.41, 5.74) is 6.42. The molecule has 0 saturated heterocycles. The number of thiophene rings is 1. The van der Waals surface area contributed by atoms with Crippen molar-refractivity contribution in [3.8, 4) is 0 Å².